The van der Waals surface area contributed by atoms with Gasteiger partial charge in [-0.25, -0.2) is 0 Å². The molecular weight excluding hydrogens is 741 g/mol. The highest BCUT2D eigenvalue weighted by Crippen LogP contribution is 2.24. The number of aliphatic hydroxyl groups excluding tert-OH is 1. The number of carbonyl (C=O) groups excluding carboxylic acids is 1. The summed E-state index contributed by atoms with van der Waals surface area (Å²) in [5.41, 5.74) is 0. The van der Waals surface area contributed by atoms with E-state index in [9.17, 15) is 9.90 Å². The van der Waals surface area contributed by atoms with Crippen molar-refractivity contribution in [3.05, 3.63) is 0 Å². The molecule has 60 heavy (non-hydrogen) atoms. The van der Waals surface area contributed by atoms with Gasteiger partial charge in [0.2, 0.25) is 0 Å². The maximum absolute atomic E-state index is 12.9. The van der Waals surface area contributed by atoms with Crippen molar-refractivity contribution in [1.29, 1.82) is 0 Å². The van der Waals surface area contributed by atoms with E-state index in [1.165, 1.54) is 225 Å². The predicted octanol–water partition coefficient (Wildman–Crippen LogP) is 15.9. The molecule has 6 nitrogen and oxygen atoms in total. The van der Waals surface area contributed by atoms with Crippen molar-refractivity contribution in [2.45, 2.75) is 278 Å². The number of unbranched alkanes of at least 4 members (excludes halogenated alkanes) is 28. The van der Waals surface area contributed by atoms with E-state index in [-0.39, 0.29) is 11.9 Å². The molecular formula is C54H110N2O4. The van der Waals surface area contributed by atoms with E-state index in [0.29, 0.717) is 19.1 Å². The van der Waals surface area contributed by atoms with Crippen LogP contribution in [0.3, 0.4) is 0 Å². The van der Waals surface area contributed by atoms with Gasteiger partial charge in [-0.2, -0.15) is 0 Å². The number of rotatable bonds is 50. The van der Waals surface area contributed by atoms with E-state index >= 15 is 0 Å². The van der Waals surface area contributed by atoms with Crippen molar-refractivity contribution in [2.75, 3.05) is 53.5 Å². The minimum atomic E-state index is -0.575. The number of esters is 1. The summed E-state index contributed by atoms with van der Waals surface area (Å²) in [5.74, 6) is 0.520. The van der Waals surface area contributed by atoms with Gasteiger partial charge in [-0.15, -0.1) is 0 Å². The standard InChI is InChI=1S/C54H110N2O4/c1-7-11-15-19-27-35-43-51(41-33-17-13-9-3)53(57)59-49-39-31-25-21-23-29-37-45-56(48-47-55(5)6)46-38-30-24-22-26-32-40-50-60-54(58)52(42-34-18-14-10-4)44-36-28-20-16-12-8-2/h51-53,57H,7-50H2,1-6H3. The first kappa shape index (κ1) is 59.3. The second-order valence-electron chi connectivity index (χ2n) is 19.3. The zero-order valence-electron chi connectivity index (χ0n) is 41.9. The Morgan fingerprint density at radius 3 is 1.20 bits per heavy atom. The Morgan fingerprint density at radius 2 is 0.767 bits per heavy atom. The summed E-state index contributed by atoms with van der Waals surface area (Å²) in [6.07, 6.45) is 46.9. The zero-order valence-corrected chi connectivity index (χ0v) is 41.9. The number of carbonyl (C=O) groups is 1. The first-order valence-electron chi connectivity index (χ1n) is 27.2. The third-order valence-electron chi connectivity index (χ3n) is 13.0. The third kappa shape index (κ3) is 41.3. The summed E-state index contributed by atoms with van der Waals surface area (Å²) in [7, 11) is 4.38. The van der Waals surface area contributed by atoms with Crippen molar-refractivity contribution in [3.8, 4) is 0 Å². The van der Waals surface area contributed by atoms with Gasteiger partial charge in [0, 0.05) is 25.6 Å². The van der Waals surface area contributed by atoms with Crippen molar-refractivity contribution < 1.29 is 19.4 Å². The lowest BCUT2D eigenvalue weighted by Gasteiger charge is -2.24. The lowest BCUT2D eigenvalue weighted by molar-refractivity contribution is -0.149. The summed E-state index contributed by atoms with van der Waals surface area (Å²) < 4.78 is 11.8. The molecule has 0 aromatic heterocycles. The lowest BCUT2D eigenvalue weighted by Crippen LogP contribution is -2.33. The number of hydrogen-bond donors (Lipinski definition) is 1. The SMILES string of the molecule is CCCCCCCCC(CCCCCC)C(=O)OCCCCCCCCCN(CCCCCCCCCOC(O)C(CCCCCC)CCCCCCCC)CCN(C)C. The highest BCUT2D eigenvalue weighted by Gasteiger charge is 2.20. The predicted molar refractivity (Wildman–Crippen MR) is 263 cm³/mol. The topological polar surface area (TPSA) is 62.2 Å². The van der Waals surface area contributed by atoms with Crippen molar-refractivity contribution in [2.24, 2.45) is 11.8 Å². The summed E-state index contributed by atoms with van der Waals surface area (Å²) in [6, 6.07) is 0. The molecule has 0 radical (unpaired) electrons. The fraction of sp³-hybridized carbons (Fsp3) is 0.981. The number of nitrogens with zero attached hydrogens (tertiary/aromatic N) is 2. The van der Waals surface area contributed by atoms with Crippen LogP contribution >= 0.6 is 0 Å². The van der Waals surface area contributed by atoms with Gasteiger partial charge in [0.05, 0.1) is 12.5 Å². The molecule has 0 spiro atoms. The van der Waals surface area contributed by atoms with Gasteiger partial charge in [0.15, 0.2) is 6.29 Å². The van der Waals surface area contributed by atoms with E-state index in [1.54, 1.807) is 0 Å². The molecule has 0 rings (SSSR count). The number of aliphatic hydroxyl groups is 1. The molecule has 0 aliphatic heterocycles. The summed E-state index contributed by atoms with van der Waals surface area (Å²) >= 11 is 0. The number of hydrogen-bond acceptors (Lipinski definition) is 6. The molecule has 0 aromatic carbocycles. The van der Waals surface area contributed by atoms with E-state index in [0.717, 1.165) is 45.1 Å². The Morgan fingerprint density at radius 1 is 0.417 bits per heavy atom. The maximum atomic E-state index is 12.9. The van der Waals surface area contributed by atoms with Crippen LogP contribution in [0, 0.1) is 11.8 Å². The van der Waals surface area contributed by atoms with E-state index < -0.39 is 6.29 Å². The Kier molecular flexibility index (Phi) is 47.2. The molecule has 360 valence electrons. The Balaban J connectivity index is 4.13. The minimum absolute atomic E-state index is 0.0859. The zero-order chi connectivity index (χ0) is 44.0. The molecule has 0 fully saturated rings. The molecule has 0 bridgehead atoms. The van der Waals surface area contributed by atoms with Crippen molar-refractivity contribution in [3.63, 3.8) is 0 Å². The molecule has 0 saturated heterocycles. The summed E-state index contributed by atoms with van der Waals surface area (Å²) in [4.78, 5) is 18.0. The normalized spacial score (nSPS) is 13.4. The first-order chi connectivity index (χ1) is 29.4. The lowest BCUT2D eigenvalue weighted by atomic mass is 9.93. The van der Waals surface area contributed by atoms with E-state index in [4.69, 9.17) is 9.47 Å². The van der Waals surface area contributed by atoms with Crippen LogP contribution in [0.5, 0.6) is 0 Å². The van der Waals surface area contributed by atoms with Crippen LogP contribution in [0.15, 0.2) is 0 Å². The quantitative estimate of drug-likeness (QED) is 0.0374. The first-order valence-corrected chi connectivity index (χ1v) is 27.2. The second-order valence-corrected chi connectivity index (χ2v) is 19.3. The Bertz CT molecular complexity index is 841. The minimum Gasteiger partial charge on any atom is -0.465 e. The van der Waals surface area contributed by atoms with Gasteiger partial charge in [-0.1, -0.05) is 220 Å². The van der Waals surface area contributed by atoms with Crippen molar-refractivity contribution >= 4 is 5.97 Å². The van der Waals surface area contributed by atoms with Crippen molar-refractivity contribution in [1.82, 2.24) is 9.80 Å². The molecule has 3 atom stereocenters. The van der Waals surface area contributed by atoms with Gasteiger partial charge in [0.1, 0.15) is 0 Å². The maximum Gasteiger partial charge on any atom is 0.308 e. The fourth-order valence-corrected chi connectivity index (χ4v) is 8.77. The van der Waals surface area contributed by atoms with Crippen LogP contribution in [0.1, 0.15) is 272 Å². The van der Waals surface area contributed by atoms with Crippen LogP contribution in [0.2, 0.25) is 0 Å². The third-order valence-corrected chi connectivity index (χ3v) is 13.0. The van der Waals surface area contributed by atoms with Crippen LogP contribution in [0.4, 0.5) is 0 Å². The van der Waals surface area contributed by atoms with E-state index in [1.807, 2.05) is 0 Å². The van der Waals surface area contributed by atoms with Crippen LogP contribution in [-0.2, 0) is 14.3 Å². The highest BCUT2D eigenvalue weighted by molar-refractivity contribution is 5.72. The molecule has 3 unspecified atom stereocenters. The summed E-state index contributed by atoms with van der Waals surface area (Å²) in [5, 5.41) is 10.9. The molecule has 0 heterocycles. The van der Waals surface area contributed by atoms with Gasteiger partial charge >= 0.3 is 5.97 Å². The van der Waals surface area contributed by atoms with Crippen LogP contribution in [0.25, 0.3) is 0 Å². The van der Waals surface area contributed by atoms with Gasteiger partial charge < -0.3 is 24.4 Å². The Hall–Kier alpha value is -0.690. The molecule has 0 aliphatic rings. The molecule has 1 N–H and O–H groups in total. The highest BCUT2D eigenvalue weighted by atomic mass is 16.6. The number of ether oxygens (including phenoxy) is 2. The largest absolute Gasteiger partial charge is 0.465 e. The average Bonchev–Trinajstić information content (AvgIpc) is 3.24. The molecule has 0 aromatic rings. The number of likely N-dealkylation sites (N-methyl/N-ethyl adjacent to an activating group) is 1. The molecule has 6 heteroatoms. The fourth-order valence-electron chi connectivity index (χ4n) is 8.77. The molecule has 0 aliphatic carbocycles. The average molecular weight is 851 g/mol. The van der Waals surface area contributed by atoms with E-state index in [2.05, 4.69) is 51.6 Å². The van der Waals surface area contributed by atoms with Gasteiger partial charge in [-0.3, -0.25) is 4.79 Å². The second kappa shape index (κ2) is 47.8. The molecule has 0 saturated carbocycles. The Labute approximate surface area is 377 Å². The smallest absolute Gasteiger partial charge is 0.308 e. The van der Waals surface area contributed by atoms with Gasteiger partial charge in [0.25, 0.3) is 0 Å². The summed E-state index contributed by atoms with van der Waals surface area (Å²) in [6.45, 7) is 15.2. The van der Waals surface area contributed by atoms with Crippen LogP contribution in [-0.4, -0.2) is 80.7 Å². The van der Waals surface area contributed by atoms with Crippen LogP contribution < -0.4 is 0 Å². The monoisotopic (exact) mass is 851 g/mol. The molecule has 0 amide bonds. The van der Waals surface area contributed by atoms with Gasteiger partial charge in [-0.05, 0) is 78.6 Å².